The number of amides is 2. The Labute approximate surface area is 144 Å². The molecule has 4 nitrogen and oxygen atoms in total. The molecule has 3 rings (SSSR count). The summed E-state index contributed by atoms with van der Waals surface area (Å²) in [6, 6.07) is 8.97. The minimum absolute atomic E-state index is 0.00423. The summed E-state index contributed by atoms with van der Waals surface area (Å²) >= 11 is 6.18. The van der Waals surface area contributed by atoms with Crippen LogP contribution in [0.25, 0.3) is 0 Å². The molecule has 2 aromatic carbocycles. The third-order valence-corrected chi connectivity index (χ3v) is 4.34. The largest absolute Gasteiger partial charge is 0.322 e. The monoisotopic (exact) mass is 346 g/mol. The molecule has 0 radical (unpaired) electrons. The van der Waals surface area contributed by atoms with Gasteiger partial charge >= 0.3 is 0 Å². The lowest BCUT2D eigenvalue weighted by molar-refractivity contribution is -0.117. The average molecular weight is 347 g/mol. The lowest BCUT2D eigenvalue weighted by Crippen LogP contribution is -2.24. The van der Waals surface area contributed by atoms with Crippen LogP contribution in [0.2, 0.25) is 5.02 Å². The molecule has 0 aromatic heterocycles. The van der Waals surface area contributed by atoms with E-state index in [2.05, 4.69) is 5.32 Å². The predicted octanol–water partition coefficient (Wildman–Crippen LogP) is 4.17. The Morgan fingerprint density at radius 3 is 2.75 bits per heavy atom. The molecule has 0 unspecified atom stereocenters. The van der Waals surface area contributed by atoms with Crippen molar-refractivity contribution in [2.75, 3.05) is 16.8 Å². The maximum atomic E-state index is 13.4. The molecular formula is C18H16ClFN2O2. The molecule has 0 saturated carbocycles. The summed E-state index contributed by atoms with van der Waals surface area (Å²) in [5.41, 5.74) is 2.06. The Kier molecular flexibility index (Phi) is 4.53. The van der Waals surface area contributed by atoms with E-state index >= 15 is 0 Å². The highest BCUT2D eigenvalue weighted by molar-refractivity contribution is 6.34. The molecule has 1 aliphatic rings. The highest BCUT2D eigenvalue weighted by atomic mass is 35.5. The van der Waals surface area contributed by atoms with E-state index in [1.165, 1.54) is 12.1 Å². The molecule has 1 heterocycles. The Balaban J connectivity index is 1.88. The Hall–Kier alpha value is -2.40. The number of hydrogen-bond donors (Lipinski definition) is 1. The molecule has 24 heavy (non-hydrogen) atoms. The van der Waals surface area contributed by atoms with Crippen LogP contribution in [0.4, 0.5) is 15.8 Å². The van der Waals surface area contributed by atoms with Gasteiger partial charge in [-0.3, -0.25) is 9.59 Å². The topological polar surface area (TPSA) is 49.4 Å². The molecule has 2 aromatic rings. The fraction of sp³-hybridized carbons (Fsp3) is 0.222. The zero-order chi connectivity index (χ0) is 17.3. The van der Waals surface area contributed by atoms with E-state index in [1.807, 2.05) is 0 Å². The van der Waals surface area contributed by atoms with Crippen LogP contribution < -0.4 is 10.2 Å². The van der Waals surface area contributed by atoms with Crippen molar-refractivity contribution in [2.24, 2.45) is 0 Å². The first-order valence-corrected chi connectivity index (χ1v) is 8.01. The number of hydrogen-bond acceptors (Lipinski definition) is 2. The zero-order valence-electron chi connectivity index (χ0n) is 13.1. The van der Waals surface area contributed by atoms with E-state index in [4.69, 9.17) is 11.6 Å². The SMILES string of the molecule is Cc1ccc(F)cc1NC(=O)c1ccc(Cl)c(N2CCCC2=O)c1. The maximum absolute atomic E-state index is 13.4. The van der Waals surface area contributed by atoms with Gasteiger partial charge < -0.3 is 10.2 Å². The lowest BCUT2D eigenvalue weighted by Gasteiger charge is -2.18. The first kappa shape index (κ1) is 16.5. The Bertz CT molecular complexity index is 823. The van der Waals surface area contributed by atoms with E-state index in [-0.39, 0.29) is 11.8 Å². The van der Waals surface area contributed by atoms with Crippen LogP contribution in [0, 0.1) is 12.7 Å². The van der Waals surface area contributed by atoms with Crippen LogP contribution in [-0.2, 0) is 4.79 Å². The van der Waals surface area contributed by atoms with Crippen molar-refractivity contribution < 1.29 is 14.0 Å². The van der Waals surface area contributed by atoms with E-state index in [9.17, 15) is 14.0 Å². The third kappa shape index (κ3) is 3.26. The second-order valence-corrected chi connectivity index (χ2v) is 6.14. The molecule has 0 bridgehead atoms. The predicted molar refractivity (Wildman–Crippen MR) is 92.1 cm³/mol. The van der Waals surface area contributed by atoms with Gasteiger partial charge in [-0.25, -0.2) is 4.39 Å². The molecule has 2 amide bonds. The number of carbonyl (C=O) groups excluding carboxylic acids is 2. The zero-order valence-corrected chi connectivity index (χ0v) is 13.9. The Morgan fingerprint density at radius 2 is 2.04 bits per heavy atom. The third-order valence-electron chi connectivity index (χ3n) is 4.02. The summed E-state index contributed by atoms with van der Waals surface area (Å²) in [7, 11) is 0. The van der Waals surface area contributed by atoms with Gasteiger partial charge in [0.1, 0.15) is 5.82 Å². The number of aryl methyl sites for hydroxylation is 1. The second-order valence-electron chi connectivity index (χ2n) is 5.73. The van der Waals surface area contributed by atoms with E-state index in [1.54, 1.807) is 36.1 Å². The van der Waals surface area contributed by atoms with Gasteiger partial charge in [0.2, 0.25) is 5.91 Å². The molecule has 0 spiro atoms. The summed E-state index contributed by atoms with van der Waals surface area (Å²) in [4.78, 5) is 26.0. The van der Waals surface area contributed by atoms with Crippen LogP contribution in [0.3, 0.4) is 0 Å². The van der Waals surface area contributed by atoms with Gasteiger partial charge in [-0.1, -0.05) is 17.7 Å². The molecule has 124 valence electrons. The molecule has 0 atom stereocenters. The summed E-state index contributed by atoms with van der Waals surface area (Å²) in [5.74, 6) is -0.806. The fourth-order valence-electron chi connectivity index (χ4n) is 2.69. The highest BCUT2D eigenvalue weighted by Gasteiger charge is 2.24. The lowest BCUT2D eigenvalue weighted by atomic mass is 10.1. The van der Waals surface area contributed by atoms with Crippen LogP contribution in [-0.4, -0.2) is 18.4 Å². The number of carbonyl (C=O) groups is 2. The summed E-state index contributed by atoms with van der Waals surface area (Å²) in [6.07, 6.45) is 1.25. The van der Waals surface area contributed by atoms with E-state index in [0.29, 0.717) is 34.9 Å². The second kappa shape index (κ2) is 6.61. The van der Waals surface area contributed by atoms with Crippen molar-refractivity contribution in [3.8, 4) is 0 Å². The molecule has 1 saturated heterocycles. The summed E-state index contributed by atoms with van der Waals surface area (Å²) in [6.45, 7) is 2.37. The van der Waals surface area contributed by atoms with Gasteiger partial charge in [-0.2, -0.15) is 0 Å². The standard InChI is InChI=1S/C18H16ClFN2O2/c1-11-4-6-13(20)10-15(11)21-18(24)12-5-7-14(19)16(9-12)22-8-2-3-17(22)23/h4-7,9-10H,2-3,8H2,1H3,(H,21,24). The van der Waals surface area contributed by atoms with Gasteiger partial charge in [0.25, 0.3) is 5.91 Å². The maximum Gasteiger partial charge on any atom is 0.255 e. The number of nitrogens with one attached hydrogen (secondary N) is 1. The van der Waals surface area contributed by atoms with Gasteiger partial charge in [0.15, 0.2) is 0 Å². The fourth-order valence-corrected chi connectivity index (χ4v) is 2.91. The molecule has 0 aliphatic carbocycles. The first-order chi connectivity index (χ1) is 11.5. The number of benzene rings is 2. The van der Waals surface area contributed by atoms with E-state index < -0.39 is 5.82 Å². The number of nitrogens with zero attached hydrogens (tertiary/aromatic N) is 1. The number of rotatable bonds is 3. The van der Waals surface area contributed by atoms with Crippen LogP contribution >= 0.6 is 11.6 Å². The molecule has 1 aliphatic heterocycles. The van der Waals surface area contributed by atoms with Crippen LogP contribution in [0.1, 0.15) is 28.8 Å². The van der Waals surface area contributed by atoms with Crippen molar-refractivity contribution in [3.63, 3.8) is 0 Å². The van der Waals surface area contributed by atoms with Crippen molar-refractivity contribution in [1.29, 1.82) is 0 Å². The van der Waals surface area contributed by atoms with E-state index in [0.717, 1.165) is 12.0 Å². The van der Waals surface area contributed by atoms with Crippen LogP contribution in [0.15, 0.2) is 36.4 Å². The smallest absolute Gasteiger partial charge is 0.255 e. The summed E-state index contributed by atoms with van der Waals surface area (Å²) in [5, 5.41) is 3.11. The highest BCUT2D eigenvalue weighted by Crippen LogP contribution is 2.30. The van der Waals surface area contributed by atoms with Gasteiger partial charge in [0.05, 0.1) is 10.7 Å². The molecular weight excluding hydrogens is 331 g/mol. The van der Waals surface area contributed by atoms with Crippen molar-refractivity contribution in [3.05, 3.63) is 58.4 Å². The average Bonchev–Trinajstić information content (AvgIpc) is 2.97. The van der Waals surface area contributed by atoms with Crippen molar-refractivity contribution >= 4 is 34.8 Å². The van der Waals surface area contributed by atoms with Crippen molar-refractivity contribution in [1.82, 2.24) is 0 Å². The molecule has 1 N–H and O–H groups in total. The van der Waals surface area contributed by atoms with Gasteiger partial charge in [-0.05, 0) is 49.2 Å². The quantitative estimate of drug-likeness (QED) is 0.907. The first-order valence-electron chi connectivity index (χ1n) is 7.63. The minimum Gasteiger partial charge on any atom is -0.322 e. The summed E-state index contributed by atoms with van der Waals surface area (Å²) < 4.78 is 13.4. The number of halogens is 2. The van der Waals surface area contributed by atoms with Gasteiger partial charge in [-0.15, -0.1) is 0 Å². The normalized spacial score (nSPS) is 14.1. The Morgan fingerprint density at radius 1 is 1.25 bits per heavy atom. The minimum atomic E-state index is -0.421. The molecule has 6 heteroatoms. The van der Waals surface area contributed by atoms with Crippen LogP contribution in [0.5, 0.6) is 0 Å². The number of anilines is 2. The van der Waals surface area contributed by atoms with Gasteiger partial charge in [0, 0.05) is 24.2 Å². The molecule has 1 fully saturated rings. The van der Waals surface area contributed by atoms with Crippen molar-refractivity contribution in [2.45, 2.75) is 19.8 Å².